The van der Waals surface area contributed by atoms with Gasteiger partial charge in [0.25, 0.3) is 0 Å². The number of hydrogen-bond acceptors (Lipinski definition) is 5. The smallest absolute Gasteiger partial charge is 0.394 e. The predicted octanol–water partition coefficient (Wildman–Crippen LogP) is 9.39. The molecule has 0 amide bonds. The number of benzene rings is 2. The molecule has 0 spiro atoms. The quantitative estimate of drug-likeness (QED) is 0.311. The van der Waals surface area contributed by atoms with Crippen LogP contribution in [0, 0.1) is 0 Å². The molecule has 6 heteroatoms. The lowest BCUT2D eigenvalue weighted by atomic mass is 9.79. The van der Waals surface area contributed by atoms with Crippen LogP contribution in [-0.4, -0.2) is 0 Å². The van der Waals surface area contributed by atoms with Crippen LogP contribution in [0.4, 0.5) is 0 Å². The molecular weight excluding hydrogens is 481 g/mol. The van der Waals surface area contributed by atoms with Crippen LogP contribution in [0.25, 0.3) is 0 Å². The zero-order valence-corrected chi connectivity index (χ0v) is 23.9. The number of fused-ring (bicyclic) bond motifs is 2. The summed E-state index contributed by atoms with van der Waals surface area (Å²) in [6, 6.07) is 9.01. The highest BCUT2D eigenvalue weighted by Crippen LogP contribution is 2.57. The largest absolute Gasteiger partial charge is 0.604 e. The highest BCUT2D eigenvalue weighted by molar-refractivity contribution is 7.49. The van der Waals surface area contributed by atoms with Gasteiger partial charge >= 0.3 is 7.82 Å². The Morgan fingerprint density at radius 3 is 1.49 bits per heavy atom. The van der Waals surface area contributed by atoms with E-state index in [-0.39, 0.29) is 0 Å². The van der Waals surface area contributed by atoms with E-state index in [2.05, 4.69) is 52.0 Å². The molecule has 2 aromatic rings. The molecule has 2 saturated carbocycles. The van der Waals surface area contributed by atoms with Crippen molar-refractivity contribution in [3.8, 4) is 11.5 Å². The Morgan fingerprint density at radius 2 is 1.14 bits per heavy atom. The first-order valence-electron chi connectivity index (χ1n) is 14.5. The molecule has 0 saturated heterocycles. The first kappa shape index (κ1) is 26.8. The Kier molecular flexibility index (Phi) is 8.05. The van der Waals surface area contributed by atoms with Gasteiger partial charge in [-0.15, -0.1) is 0 Å². The molecule has 1 aliphatic heterocycles. The number of hydrogen-bond donors (Lipinski definition) is 1. The lowest BCUT2D eigenvalue weighted by Crippen LogP contribution is -2.18. The van der Waals surface area contributed by atoms with E-state index >= 15 is 0 Å². The van der Waals surface area contributed by atoms with Crippen molar-refractivity contribution in [3.63, 3.8) is 0 Å². The van der Waals surface area contributed by atoms with Gasteiger partial charge in [0, 0.05) is 6.42 Å². The summed E-state index contributed by atoms with van der Waals surface area (Å²) in [6.07, 6.45) is 12.5. The van der Waals surface area contributed by atoms with Crippen LogP contribution in [0.2, 0.25) is 0 Å². The summed E-state index contributed by atoms with van der Waals surface area (Å²) in [4.78, 5) is 0. The third-order valence-electron chi connectivity index (χ3n) is 8.77. The Morgan fingerprint density at radius 1 is 0.730 bits per heavy atom. The minimum absolute atomic E-state index is 0.381. The van der Waals surface area contributed by atoms with Gasteiger partial charge < -0.3 is 9.05 Å². The molecule has 2 aromatic carbocycles. The fraction of sp³-hybridized carbons (Fsp3) is 0.613. The fourth-order valence-electron chi connectivity index (χ4n) is 6.55. The second kappa shape index (κ2) is 11.1. The molecule has 0 radical (unpaired) electrons. The second-order valence-corrected chi connectivity index (χ2v) is 13.6. The highest BCUT2D eigenvalue weighted by Gasteiger charge is 2.39. The molecule has 202 valence electrons. The molecule has 0 unspecified atom stereocenters. The normalized spacial score (nSPS) is 20.5. The van der Waals surface area contributed by atoms with Gasteiger partial charge in [-0.1, -0.05) is 90.5 Å². The van der Waals surface area contributed by atoms with Gasteiger partial charge in [0.05, 0.1) is 0 Å². The van der Waals surface area contributed by atoms with Crippen molar-refractivity contribution in [2.75, 3.05) is 0 Å². The number of phosphoric acid groups is 1. The molecule has 2 N–H and O–H groups in total. The van der Waals surface area contributed by atoms with Crippen LogP contribution in [0.15, 0.2) is 24.3 Å². The zero-order chi connectivity index (χ0) is 26.2. The first-order chi connectivity index (χ1) is 17.8. The van der Waals surface area contributed by atoms with Crippen LogP contribution in [0.3, 0.4) is 0 Å². The Hall–Kier alpha value is -1.81. The average Bonchev–Trinajstić information content (AvgIpc) is 2.90. The maximum absolute atomic E-state index is 14.0. The average molecular weight is 526 g/mol. The van der Waals surface area contributed by atoms with Crippen LogP contribution in [0.1, 0.15) is 149 Å². The van der Waals surface area contributed by atoms with Crippen molar-refractivity contribution < 1.29 is 18.2 Å². The van der Waals surface area contributed by atoms with Gasteiger partial charge in [0.2, 0.25) is 0 Å². The minimum atomic E-state index is -4.09. The van der Waals surface area contributed by atoms with E-state index in [4.69, 9.17) is 19.6 Å². The van der Waals surface area contributed by atoms with Gasteiger partial charge in [0.15, 0.2) is 0 Å². The van der Waals surface area contributed by atoms with Crippen LogP contribution >= 0.6 is 7.82 Å². The maximum atomic E-state index is 14.0. The SMILES string of the molecule is CC(C)c1cc2c(c(C3CCCCC3)c1)OP(=O)(ON)Oc1c(cc(C(C)C)cc1C1CCCCC1)C2. The number of phosphoric ester groups is 1. The zero-order valence-electron chi connectivity index (χ0n) is 23.1. The third-order valence-corrected chi connectivity index (χ3v) is 9.84. The standard InChI is InChI=1S/C31H44NO4P/c1-20(2)24-15-26-17-27-16-25(21(3)4)19-29(23-13-9-6-10-14-23)31(27)35-37(33,36-32)34-30(26)28(18-24)22-11-7-5-8-12-22/h15-16,18-23H,5-14,17,32H2,1-4H3. The van der Waals surface area contributed by atoms with Crippen molar-refractivity contribution in [3.05, 3.63) is 57.6 Å². The lowest BCUT2D eigenvalue weighted by Gasteiger charge is -2.32. The number of nitrogens with two attached hydrogens (primary N) is 1. The second-order valence-electron chi connectivity index (χ2n) is 12.1. The van der Waals surface area contributed by atoms with Gasteiger partial charge in [-0.05, 0) is 82.7 Å². The Labute approximate surface area is 223 Å². The Bertz CT molecular complexity index is 1080. The molecule has 3 aliphatic rings. The summed E-state index contributed by atoms with van der Waals surface area (Å²) >= 11 is 0. The van der Waals surface area contributed by atoms with Crippen molar-refractivity contribution in [1.82, 2.24) is 0 Å². The maximum Gasteiger partial charge on any atom is 0.604 e. The predicted molar refractivity (Wildman–Crippen MR) is 150 cm³/mol. The van der Waals surface area contributed by atoms with Crippen LogP contribution in [0.5, 0.6) is 11.5 Å². The molecule has 5 rings (SSSR count). The van der Waals surface area contributed by atoms with E-state index in [1.165, 1.54) is 49.7 Å². The summed E-state index contributed by atoms with van der Waals surface area (Å²) in [6.45, 7) is 8.94. The molecule has 0 bridgehead atoms. The first-order valence-corrected chi connectivity index (χ1v) is 15.9. The summed E-state index contributed by atoms with van der Waals surface area (Å²) in [7, 11) is -4.09. The van der Waals surface area contributed by atoms with Crippen molar-refractivity contribution in [2.24, 2.45) is 5.90 Å². The topological polar surface area (TPSA) is 70.8 Å². The minimum Gasteiger partial charge on any atom is -0.394 e. The van der Waals surface area contributed by atoms with E-state index in [9.17, 15) is 4.57 Å². The third kappa shape index (κ3) is 5.65. The van der Waals surface area contributed by atoms with Crippen molar-refractivity contribution in [1.29, 1.82) is 0 Å². The van der Waals surface area contributed by atoms with E-state index in [0.29, 0.717) is 41.6 Å². The fourth-order valence-corrected chi connectivity index (χ4v) is 7.57. The molecule has 1 heterocycles. The summed E-state index contributed by atoms with van der Waals surface area (Å²) in [5.41, 5.74) is 6.98. The van der Waals surface area contributed by atoms with E-state index in [1.54, 1.807) is 0 Å². The molecule has 2 aliphatic carbocycles. The van der Waals surface area contributed by atoms with Crippen LogP contribution in [-0.2, 0) is 15.6 Å². The molecule has 37 heavy (non-hydrogen) atoms. The van der Waals surface area contributed by atoms with Crippen molar-refractivity contribution >= 4 is 7.82 Å². The molecule has 5 nitrogen and oxygen atoms in total. The van der Waals surface area contributed by atoms with Crippen LogP contribution < -0.4 is 14.9 Å². The lowest BCUT2D eigenvalue weighted by molar-refractivity contribution is 0.209. The van der Waals surface area contributed by atoms with Gasteiger partial charge in [-0.2, -0.15) is 4.62 Å². The van der Waals surface area contributed by atoms with Crippen molar-refractivity contribution in [2.45, 2.75) is 122 Å². The van der Waals surface area contributed by atoms with E-state index < -0.39 is 7.82 Å². The highest BCUT2D eigenvalue weighted by atomic mass is 31.2. The molecule has 2 fully saturated rings. The van der Waals surface area contributed by atoms with Gasteiger partial charge in [0.1, 0.15) is 11.5 Å². The monoisotopic (exact) mass is 525 g/mol. The number of rotatable bonds is 5. The van der Waals surface area contributed by atoms with Gasteiger partial charge in [-0.25, -0.2) is 10.5 Å². The molecule has 0 aromatic heterocycles. The Balaban J connectivity index is 1.71. The summed E-state index contributed by atoms with van der Waals surface area (Å²) in [5, 5.41) is 0. The summed E-state index contributed by atoms with van der Waals surface area (Å²) in [5.74, 6) is 8.51. The van der Waals surface area contributed by atoms with Gasteiger partial charge in [-0.3, -0.25) is 0 Å². The molecular formula is C31H44NO4P. The van der Waals surface area contributed by atoms with E-state index in [1.807, 2.05) is 0 Å². The summed E-state index contributed by atoms with van der Waals surface area (Å²) < 4.78 is 31.6. The molecule has 0 atom stereocenters. The van der Waals surface area contributed by atoms with E-state index in [0.717, 1.165) is 47.9 Å².